The Labute approximate surface area is 435 Å². The van der Waals surface area contributed by atoms with Gasteiger partial charge in [-0.3, -0.25) is 64.4 Å². The van der Waals surface area contributed by atoms with Crippen LogP contribution >= 0.6 is 0 Å². The number of likely N-dealkylation sites (tertiary alicyclic amines) is 7. The summed E-state index contributed by atoms with van der Waals surface area (Å²) in [7, 11) is 0. The fourth-order valence-electron chi connectivity index (χ4n) is 12.3. The summed E-state index contributed by atoms with van der Waals surface area (Å²) in [5.74, 6) is -6.64. The molecule has 7 heterocycles. The van der Waals surface area contributed by atoms with Crippen LogP contribution in [-0.2, 0) is 52.7 Å². The van der Waals surface area contributed by atoms with Gasteiger partial charge in [0.25, 0.3) is 5.91 Å². The standard InChI is InChI=1S/C49H75N13O13/c1-28(50)41(67)58-23-5-13-33(58)45(71)60-25-7-15-35(60)43(69)56-21-3-11-31(56)39(65)54-29(10-2-20-53-49(51)52)42(68)59-24-6-14-34(59)46(72)62-27-9-17-37(62)47(73)61-26-8-16-36(61)44(70)57-22-4-12-32(57)40(66)55-30(48(74)75)18-19-38(63)64/h28-37H,2-27,50H2,1H3,(H,54,65)(H,55,66)(H,63,64)(H,74,75)(H4,51,52,53)/p+2/t28-,29-,30-,31-,32-,33-,34-,35-,36-,37-/m0/s1. The van der Waals surface area contributed by atoms with Gasteiger partial charge in [-0.15, -0.1) is 0 Å². The maximum atomic E-state index is 14.7. The number of carbonyl (C=O) groups is 11. The van der Waals surface area contributed by atoms with Crippen molar-refractivity contribution in [1.82, 2.24) is 44.9 Å². The molecule has 7 aliphatic rings. The first-order valence-corrected chi connectivity index (χ1v) is 26.9. The van der Waals surface area contributed by atoms with Gasteiger partial charge in [-0.2, -0.15) is 0 Å². The zero-order valence-electron chi connectivity index (χ0n) is 43.0. The number of carboxylic acid groups (broad SMARTS) is 2. The molecule has 10 atom stereocenters. The molecule has 0 unspecified atom stereocenters. The molecule has 0 aromatic carbocycles. The van der Waals surface area contributed by atoms with Crippen molar-refractivity contribution in [3.8, 4) is 0 Å². The van der Waals surface area contributed by atoms with E-state index < -0.39 is 114 Å². The third-order valence-corrected chi connectivity index (χ3v) is 16.1. The predicted molar refractivity (Wildman–Crippen MR) is 262 cm³/mol. The number of hydrogen-bond acceptors (Lipinski definition) is 11. The first-order chi connectivity index (χ1) is 35.8. The molecule has 414 valence electrons. The number of nitrogens with one attached hydrogen (secondary N) is 3. The molecule has 0 bridgehead atoms. The lowest BCUT2D eigenvalue weighted by Crippen LogP contribution is -2.78. The molecule has 26 nitrogen and oxygen atoms in total. The van der Waals surface area contributed by atoms with E-state index in [1.165, 1.54) is 24.5 Å². The Morgan fingerprint density at radius 2 is 0.813 bits per heavy atom. The van der Waals surface area contributed by atoms with Gasteiger partial charge in [-0.25, -0.2) is 4.79 Å². The molecular weight excluding hydrogens is 979 g/mol. The van der Waals surface area contributed by atoms with E-state index in [4.69, 9.17) is 16.6 Å². The van der Waals surface area contributed by atoms with Crippen molar-refractivity contribution in [3.05, 3.63) is 0 Å². The Hall–Kier alpha value is -6.60. The first kappa shape index (κ1) is 56.1. The normalized spacial score (nSPS) is 26.8. The van der Waals surface area contributed by atoms with E-state index in [1.54, 1.807) is 16.7 Å². The SMILES string of the molecule is C[C@H]([NH3+])C(=O)N1CCC[C@H]1C(=O)N1CCC[C@H]1C(=O)N1CCC[C@H]1C(=O)N[C@@H](CCC[NH+]=C(N)N)C(=O)N1CCC[C@H]1C(=O)N1CCC[C@H]1C(=O)N1CCC[C@H]1C(=O)N1CCC[C@H]1C(=O)N[C@@H](CCC(=O)O)C(=O)O. The van der Waals surface area contributed by atoms with E-state index >= 15 is 0 Å². The van der Waals surface area contributed by atoms with Gasteiger partial charge >= 0.3 is 17.9 Å². The Balaban J connectivity index is 1.01. The van der Waals surface area contributed by atoms with Crippen LogP contribution in [0.15, 0.2) is 0 Å². The molecule has 0 radical (unpaired) electrons. The van der Waals surface area contributed by atoms with Crippen LogP contribution in [0.2, 0.25) is 0 Å². The van der Waals surface area contributed by atoms with Gasteiger partial charge in [0.1, 0.15) is 54.4 Å². The van der Waals surface area contributed by atoms with E-state index in [0.717, 1.165) is 0 Å². The van der Waals surface area contributed by atoms with E-state index in [2.05, 4.69) is 21.4 Å². The van der Waals surface area contributed by atoms with Gasteiger partial charge in [0, 0.05) is 52.2 Å². The largest absolute Gasteiger partial charge is 0.481 e. The third-order valence-electron chi connectivity index (χ3n) is 16.1. The Kier molecular flexibility index (Phi) is 18.6. The van der Waals surface area contributed by atoms with Crippen LogP contribution in [0.4, 0.5) is 0 Å². The highest BCUT2D eigenvalue weighted by atomic mass is 16.4. The molecule has 0 spiro atoms. The van der Waals surface area contributed by atoms with Gasteiger partial charge in [0.2, 0.25) is 47.3 Å². The number of guanidine groups is 1. The number of amides is 9. The van der Waals surface area contributed by atoms with Crippen LogP contribution in [0, 0.1) is 0 Å². The van der Waals surface area contributed by atoms with Crippen LogP contribution in [-0.4, -0.2) is 228 Å². The van der Waals surface area contributed by atoms with Crippen molar-refractivity contribution in [1.29, 1.82) is 0 Å². The molecule has 26 heteroatoms. The summed E-state index contributed by atoms with van der Waals surface area (Å²) in [6, 6.07) is -9.41. The molecule has 7 aliphatic heterocycles. The Morgan fingerprint density at radius 1 is 0.493 bits per heavy atom. The van der Waals surface area contributed by atoms with Crippen LogP contribution in [0.1, 0.15) is 122 Å². The highest BCUT2D eigenvalue weighted by Crippen LogP contribution is 2.32. The number of aliphatic carboxylic acids is 2. The number of carboxylic acids is 2. The third kappa shape index (κ3) is 12.6. The maximum absolute atomic E-state index is 14.7. The van der Waals surface area contributed by atoms with Crippen LogP contribution in [0.3, 0.4) is 0 Å². The van der Waals surface area contributed by atoms with Crippen molar-refractivity contribution >= 4 is 71.1 Å². The molecule has 0 aromatic rings. The quantitative estimate of drug-likeness (QED) is 0.0340. The number of carbonyl (C=O) groups excluding carboxylic acids is 9. The molecule has 0 aliphatic carbocycles. The van der Waals surface area contributed by atoms with Gasteiger partial charge in [0.05, 0.1) is 6.54 Å². The summed E-state index contributed by atoms with van der Waals surface area (Å²) < 4.78 is 0. The van der Waals surface area contributed by atoms with Gasteiger partial charge in [-0.1, -0.05) is 0 Å². The van der Waals surface area contributed by atoms with Crippen molar-refractivity contribution in [3.63, 3.8) is 0 Å². The molecule has 75 heavy (non-hydrogen) atoms. The van der Waals surface area contributed by atoms with E-state index in [1.807, 2.05) is 0 Å². The minimum absolute atomic E-state index is 0.0276. The van der Waals surface area contributed by atoms with E-state index in [-0.39, 0.29) is 82.2 Å². The second kappa shape index (κ2) is 24.8. The van der Waals surface area contributed by atoms with Crippen LogP contribution < -0.4 is 32.8 Å². The second-order valence-corrected chi connectivity index (χ2v) is 21.1. The van der Waals surface area contributed by atoms with Gasteiger partial charge < -0.3 is 60.9 Å². The van der Waals surface area contributed by atoms with E-state index in [0.29, 0.717) is 103 Å². The molecule has 7 rings (SSSR count). The summed E-state index contributed by atoms with van der Waals surface area (Å²) in [5.41, 5.74) is 15.1. The topological polar surface area (TPSA) is 369 Å². The minimum Gasteiger partial charge on any atom is -0.481 e. The van der Waals surface area contributed by atoms with E-state index in [9.17, 15) is 57.8 Å². The van der Waals surface area contributed by atoms with Crippen molar-refractivity contribution in [2.75, 3.05) is 52.4 Å². The summed E-state index contributed by atoms with van der Waals surface area (Å²) in [4.78, 5) is 163. The predicted octanol–water partition coefficient (Wildman–Crippen LogP) is -5.39. The molecule has 7 saturated heterocycles. The molecule has 0 saturated carbocycles. The summed E-state index contributed by atoms with van der Waals surface area (Å²) >= 11 is 0. The highest BCUT2D eigenvalue weighted by molar-refractivity contribution is 5.99. The van der Waals surface area contributed by atoms with Crippen LogP contribution in [0.25, 0.3) is 0 Å². The monoisotopic (exact) mass is 1060 g/mol. The zero-order chi connectivity index (χ0) is 54.2. The first-order valence-electron chi connectivity index (χ1n) is 26.9. The molecule has 12 N–H and O–H groups in total. The maximum Gasteiger partial charge on any atom is 0.338 e. The van der Waals surface area contributed by atoms with Crippen molar-refractivity contribution in [2.45, 2.75) is 183 Å². The average Bonchev–Trinajstić information content (AvgIpc) is 4.24. The number of nitrogens with zero attached hydrogens (tertiary/aromatic N) is 7. The summed E-state index contributed by atoms with van der Waals surface area (Å²) in [6.45, 7) is 3.85. The molecular formula is C49H77N13O13+2. The summed E-state index contributed by atoms with van der Waals surface area (Å²) in [6.07, 6.45) is 5.64. The number of rotatable bonds is 19. The lowest BCUT2D eigenvalue weighted by molar-refractivity contribution is -0.459. The number of quaternary nitrogens is 1. The zero-order valence-corrected chi connectivity index (χ0v) is 43.0. The van der Waals surface area contributed by atoms with Crippen molar-refractivity contribution < 1.29 is 73.7 Å². The smallest absolute Gasteiger partial charge is 0.338 e. The highest BCUT2D eigenvalue weighted by Gasteiger charge is 2.50. The fourth-order valence-corrected chi connectivity index (χ4v) is 12.3. The van der Waals surface area contributed by atoms with Crippen molar-refractivity contribution in [2.24, 2.45) is 11.5 Å². The minimum atomic E-state index is -1.47. The Morgan fingerprint density at radius 3 is 1.16 bits per heavy atom. The second-order valence-electron chi connectivity index (χ2n) is 21.1. The van der Waals surface area contributed by atoms with Gasteiger partial charge in [0.15, 0.2) is 6.04 Å². The number of nitrogens with two attached hydrogens (primary N) is 2. The lowest BCUT2D eigenvalue weighted by atomic mass is 10.1. The summed E-state index contributed by atoms with van der Waals surface area (Å²) in [5, 5.41) is 24.0. The number of hydrogen-bond donors (Lipinski definition) is 8. The molecule has 7 fully saturated rings. The molecule has 9 amide bonds. The van der Waals surface area contributed by atoms with Gasteiger partial charge in [-0.05, 0) is 116 Å². The average molecular weight is 1060 g/mol. The molecule has 0 aromatic heterocycles. The lowest BCUT2D eigenvalue weighted by Gasteiger charge is -2.36. The van der Waals surface area contributed by atoms with Crippen LogP contribution in [0.5, 0.6) is 0 Å². The fraction of sp³-hybridized carbons (Fsp3) is 0.755. The Bertz CT molecular complexity index is 2260.